The maximum absolute atomic E-state index is 10.6. The van der Waals surface area contributed by atoms with E-state index in [2.05, 4.69) is 11.8 Å². The molecule has 1 aliphatic heterocycles. The van der Waals surface area contributed by atoms with Crippen molar-refractivity contribution in [3.63, 3.8) is 0 Å². The molecule has 1 aromatic carbocycles. The average molecular weight is 289 g/mol. The predicted octanol–water partition coefficient (Wildman–Crippen LogP) is 3.17. The lowest BCUT2D eigenvalue weighted by molar-refractivity contribution is -0.131. The highest BCUT2D eigenvalue weighted by Gasteiger charge is 2.23. The number of carboxylic acid groups (broad SMARTS) is 1. The first-order chi connectivity index (χ1) is 10.1. The van der Waals surface area contributed by atoms with E-state index in [1.54, 1.807) is 13.2 Å². The number of carbonyl (C=O) groups is 1. The maximum Gasteiger partial charge on any atom is 0.328 e. The number of methoxy groups -OCH3 is 1. The van der Waals surface area contributed by atoms with Crippen LogP contribution in [-0.4, -0.2) is 35.7 Å². The van der Waals surface area contributed by atoms with Crippen molar-refractivity contribution >= 4 is 12.0 Å². The van der Waals surface area contributed by atoms with Gasteiger partial charge in [-0.05, 0) is 49.6 Å². The molecule has 0 amide bonds. The number of rotatable bonds is 6. The van der Waals surface area contributed by atoms with E-state index in [1.807, 2.05) is 18.2 Å². The van der Waals surface area contributed by atoms with E-state index in [0.717, 1.165) is 36.0 Å². The van der Waals surface area contributed by atoms with Gasteiger partial charge in [0.25, 0.3) is 0 Å². The molecule has 1 fully saturated rings. The van der Waals surface area contributed by atoms with E-state index in [4.69, 9.17) is 9.84 Å². The van der Waals surface area contributed by atoms with Gasteiger partial charge < -0.3 is 9.84 Å². The smallest absolute Gasteiger partial charge is 0.328 e. The molecule has 21 heavy (non-hydrogen) atoms. The summed E-state index contributed by atoms with van der Waals surface area (Å²) in [6.45, 7) is 4.21. The van der Waals surface area contributed by atoms with Gasteiger partial charge in [0.05, 0.1) is 7.11 Å². The molecule has 1 N–H and O–H groups in total. The first-order valence-electron chi connectivity index (χ1n) is 7.46. The summed E-state index contributed by atoms with van der Waals surface area (Å²) in [6, 6.07) is 6.45. The van der Waals surface area contributed by atoms with Crippen molar-refractivity contribution in [2.75, 3.05) is 13.7 Å². The van der Waals surface area contributed by atoms with Gasteiger partial charge in [0.1, 0.15) is 5.75 Å². The molecule has 0 saturated carbocycles. The van der Waals surface area contributed by atoms with E-state index in [-0.39, 0.29) is 0 Å². The number of hydrogen-bond donors (Lipinski definition) is 1. The molecule has 1 unspecified atom stereocenters. The Labute approximate surface area is 126 Å². The fourth-order valence-corrected chi connectivity index (χ4v) is 2.98. The first kappa shape index (κ1) is 15.6. The molecular formula is C17H23NO3. The van der Waals surface area contributed by atoms with Crippen molar-refractivity contribution in [2.45, 2.75) is 38.8 Å². The normalized spacial score (nSPS) is 19.2. The van der Waals surface area contributed by atoms with Crippen molar-refractivity contribution in [2.24, 2.45) is 0 Å². The summed E-state index contributed by atoms with van der Waals surface area (Å²) in [5.74, 6) is -0.0674. The van der Waals surface area contributed by atoms with Gasteiger partial charge in [0.2, 0.25) is 0 Å². The van der Waals surface area contributed by atoms with Crippen LogP contribution in [0.2, 0.25) is 0 Å². The molecule has 1 aliphatic rings. The molecule has 4 nitrogen and oxygen atoms in total. The summed E-state index contributed by atoms with van der Waals surface area (Å²) in [4.78, 5) is 13.1. The van der Waals surface area contributed by atoms with Crippen LogP contribution in [0.25, 0.3) is 6.08 Å². The van der Waals surface area contributed by atoms with Gasteiger partial charge >= 0.3 is 5.97 Å². The van der Waals surface area contributed by atoms with Crippen molar-refractivity contribution in [3.8, 4) is 5.75 Å². The molecule has 1 atom stereocenters. The maximum atomic E-state index is 10.6. The summed E-state index contributed by atoms with van der Waals surface area (Å²) in [5.41, 5.74) is 2.01. The van der Waals surface area contributed by atoms with E-state index in [1.165, 1.54) is 19.3 Å². The summed E-state index contributed by atoms with van der Waals surface area (Å²) in [7, 11) is 1.67. The Kier molecular flexibility index (Phi) is 5.39. The number of benzene rings is 1. The summed E-state index contributed by atoms with van der Waals surface area (Å²) < 4.78 is 5.44. The topological polar surface area (TPSA) is 49.8 Å². The van der Waals surface area contributed by atoms with Crippen molar-refractivity contribution < 1.29 is 14.6 Å². The van der Waals surface area contributed by atoms with Gasteiger partial charge in [0, 0.05) is 24.2 Å². The van der Waals surface area contributed by atoms with Crippen molar-refractivity contribution in [1.82, 2.24) is 4.90 Å². The lowest BCUT2D eigenvalue weighted by Gasteiger charge is -2.24. The Hall–Kier alpha value is -1.81. The van der Waals surface area contributed by atoms with Crippen LogP contribution in [0.4, 0.5) is 0 Å². The quantitative estimate of drug-likeness (QED) is 0.817. The molecule has 0 spiro atoms. The number of ether oxygens (including phenoxy) is 1. The second-order valence-electron chi connectivity index (χ2n) is 5.42. The lowest BCUT2D eigenvalue weighted by atomic mass is 10.1. The molecular weight excluding hydrogens is 266 g/mol. The van der Waals surface area contributed by atoms with E-state index in [9.17, 15) is 4.79 Å². The van der Waals surface area contributed by atoms with Crippen LogP contribution >= 0.6 is 0 Å². The van der Waals surface area contributed by atoms with Crippen LogP contribution in [0.5, 0.6) is 5.75 Å². The molecule has 0 bridgehead atoms. The van der Waals surface area contributed by atoms with Gasteiger partial charge in [-0.25, -0.2) is 4.79 Å². The fraction of sp³-hybridized carbons (Fsp3) is 0.471. The molecule has 0 radical (unpaired) electrons. The van der Waals surface area contributed by atoms with Crippen molar-refractivity contribution in [1.29, 1.82) is 0 Å². The third-order valence-electron chi connectivity index (χ3n) is 4.07. The molecule has 4 heteroatoms. The van der Waals surface area contributed by atoms with Gasteiger partial charge in [-0.15, -0.1) is 0 Å². The van der Waals surface area contributed by atoms with Crippen LogP contribution in [0.3, 0.4) is 0 Å². The van der Waals surface area contributed by atoms with Gasteiger partial charge in [-0.3, -0.25) is 4.90 Å². The highest BCUT2D eigenvalue weighted by atomic mass is 16.5. The number of nitrogens with zero attached hydrogens (tertiary/aromatic N) is 1. The molecule has 2 rings (SSSR count). The number of likely N-dealkylation sites (tertiary alicyclic amines) is 1. The minimum atomic E-state index is -0.932. The standard InChI is InChI=1S/C17H23NO3/c1-3-15-5-4-10-18(15)12-14-11-13(7-9-17(19)20)6-8-16(14)21-2/h6-9,11,15H,3-5,10,12H2,1-2H3,(H,19,20). The Morgan fingerprint density at radius 2 is 2.33 bits per heavy atom. The van der Waals surface area contributed by atoms with Crippen LogP contribution in [0, 0.1) is 0 Å². The molecule has 0 aliphatic carbocycles. The van der Waals surface area contributed by atoms with Crippen molar-refractivity contribution in [3.05, 3.63) is 35.4 Å². The summed E-state index contributed by atoms with van der Waals surface area (Å²) >= 11 is 0. The molecule has 114 valence electrons. The number of carboxylic acids is 1. The minimum absolute atomic E-state index is 0.646. The zero-order valence-electron chi connectivity index (χ0n) is 12.7. The Morgan fingerprint density at radius 3 is 3.00 bits per heavy atom. The van der Waals surface area contributed by atoms with Crippen LogP contribution in [0.1, 0.15) is 37.3 Å². The second kappa shape index (κ2) is 7.27. The average Bonchev–Trinajstić information content (AvgIpc) is 2.92. The van der Waals surface area contributed by atoms with Crippen LogP contribution in [-0.2, 0) is 11.3 Å². The Morgan fingerprint density at radius 1 is 1.52 bits per heavy atom. The van der Waals surface area contributed by atoms with Crippen LogP contribution < -0.4 is 4.74 Å². The molecule has 1 aromatic rings. The van der Waals surface area contributed by atoms with Gasteiger partial charge in [-0.1, -0.05) is 13.0 Å². The number of aliphatic carboxylic acids is 1. The van der Waals surface area contributed by atoms with E-state index < -0.39 is 5.97 Å². The zero-order valence-corrected chi connectivity index (χ0v) is 12.7. The number of hydrogen-bond acceptors (Lipinski definition) is 3. The van der Waals surface area contributed by atoms with Gasteiger partial charge in [0.15, 0.2) is 0 Å². The van der Waals surface area contributed by atoms with E-state index >= 15 is 0 Å². The van der Waals surface area contributed by atoms with E-state index in [0.29, 0.717) is 6.04 Å². The first-order valence-corrected chi connectivity index (χ1v) is 7.46. The Balaban J connectivity index is 2.19. The zero-order chi connectivity index (χ0) is 15.2. The van der Waals surface area contributed by atoms with Gasteiger partial charge in [-0.2, -0.15) is 0 Å². The SMILES string of the molecule is CCC1CCCN1Cc1cc(C=CC(=O)O)ccc1OC. The largest absolute Gasteiger partial charge is 0.496 e. The molecule has 1 heterocycles. The lowest BCUT2D eigenvalue weighted by Crippen LogP contribution is -2.28. The third kappa shape index (κ3) is 4.08. The highest BCUT2D eigenvalue weighted by Crippen LogP contribution is 2.27. The second-order valence-corrected chi connectivity index (χ2v) is 5.42. The minimum Gasteiger partial charge on any atom is -0.496 e. The third-order valence-corrected chi connectivity index (χ3v) is 4.07. The molecule has 0 aromatic heterocycles. The van der Waals surface area contributed by atoms with Crippen LogP contribution in [0.15, 0.2) is 24.3 Å². The summed E-state index contributed by atoms with van der Waals surface area (Å²) in [5, 5.41) is 8.72. The Bertz CT molecular complexity index is 525. The fourth-order valence-electron chi connectivity index (χ4n) is 2.98. The highest BCUT2D eigenvalue weighted by molar-refractivity contribution is 5.85. The summed E-state index contributed by atoms with van der Waals surface area (Å²) in [6.07, 6.45) is 6.46. The monoisotopic (exact) mass is 289 g/mol. The molecule has 1 saturated heterocycles. The predicted molar refractivity (Wildman–Crippen MR) is 83.4 cm³/mol.